The minimum absolute atomic E-state index is 0.125. The second-order valence-electron chi connectivity index (χ2n) is 15.6. The van der Waals surface area contributed by atoms with E-state index < -0.39 is 12.1 Å². The lowest BCUT2D eigenvalue weighted by molar-refractivity contribution is -0.166. The minimum Gasteiger partial charge on any atom is -0.462 e. The predicted molar refractivity (Wildman–Crippen MR) is 260 cm³/mol. The first-order chi connectivity index (χ1) is 30.0. The van der Waals surface area contributed by atoms with E-state index in [0.717, 1.165) is 77.0 Å². The van der Waals surface area contributed by atoms with Crippen molar-refractivity contribution in [2.75, 3.05) is 13.2 Å². The molecule has 0 radical (unpaired) electrons. The molecule has 344 valence electrons. The Balaban J connectivity index is 4.59. The van der Waals surface area contributed by atoms with Crippen LogP contribution >= 0.6 is 0 Å². The molecule has 0 amide bonds. The number of ether oxygens (including phenoxy) is 3. The summed E-state index contributed by atoms with van der Waals surface area (Å²) in [6, 6.07) is 0. The monoisotopic (exact) mass is 845 g/mol. The predicted octanol–water partition coefficient (Wildman–Crippen LogP) is 16.0. The fourth-order valence-corrected chi connectivity index (χ4v) is 6.13. The maximum atomic E-state index is 12.7. The Hall–Kier alpha value is -3.93. The summed E-state index contributed by atoms with van der Waals surface area (Å²) in [5.41, 5.74) is 0. The molecule has 0 aliphatic heterocycles. The number of hydrogen-bond donors (Lipinski definition) is 0. The van der Waals surface area contributed by atoms with E-state index in [9.17, 15) is 14.4 Å². The Morgan fingerprint density at radius 1 is 0.344 bits per heavy atom. The van der Waals surface area contributed by atoms with Gasteiger partial charge in [0.2, 0.25) is 0 Å². The third-order valence-corrected chi connectivity index (χ3v) is 9.78. The quantitative estimate of drug-likeness (QED) is 0.0264. The molecular weight excluding hydrogens is 757 g/mol. The van der Waals surface area contributed by atoms with Gasteiger partial charge in [-0.1, -0.05) is 201 Å². The average molecular weight is 845 g/mol. The number of carbonyl (C=O) groups excluding carboxylic acids is 3. The van der Waals surface area contributed by atoms with Crippen molar-refractivity contribution in [2.24, 2.45) is 0 Å². The summed E-state index contributed by atoms with van der Waals surface area (Å²) in [4.78, 5) is 37.8. The molecule has 0 aliphatic rings. The maximum absolute atomic E-state index is 12.7. The van der Waals surface area contributed by atoms with Crippen molar-refractivity contribution in [3.8, 4) is 0 Å². The summed E-state index contributed by atoms with van der Waals surface area (Å²) in [5.74, 6) is -1.08. The van der Waals surface area contributed by atoms with Gasteiger partial charge >= 0.3 is 17.9 Å². The van der Waals surface area contributed by atoms with Gasteiger partial charge in [0.15, 0.2) is 6.10 Å². The largest absolute Gasteiger partial charge is 0.462 e. The van der Waals surface area contributed by atoms with Crippen molar-refractivity contribution in [3.05, 3.63) is 109 Å². The molecule has 6 heteroatoms. The van der Waals surface area contributed by atoms with E-state index in [-0.39, 0.29) is 38.0 Å². The van der Waals surface area contributed by atoms with Crippen molar-refractivity contribution in [1.29, 1.82) is 0 Å². The van der Waals surface area contributed by atoms with Gasteiger partial charge in [-0.15, -0.1) is 0 Å². The molecule has 61 heavy (non-hydrogen) atoms. The number of allylic oxidation sites excluding steroid dienone is 18. The Bertz CT molecular complexity index is 1290. The molecule has 1 atom stereocenters. The highest BCUT2D eigenvalue weighted by molar-refractivity contribution is 5.71. The van der Waals surface area contributed by atoms with E-state index in [0.29, 0.717) is 19.3 Å². The summed E-state index contributed by atoms with van der Waals surface area (Å²) < 4.78 is 16.6. The van der Waals surface area contributed by atoms with Crippen LogP contribution in [-0.2, 0) is 28.6 Å². The normalized spacial score (nSPS) is 13.0. The maximum Gasteiger partial charge on any atom is 0.306 e. The Morgan fingerprint density at radius 3 is 1.13 bits per heavy atom. The van der Waals surface area contributed by atoms with Crippen molar-refractivity contribution in [2.45, 2.75) is 207 Å². The highest BCUT2D eigenvalue weighted by Crippen LogP contribution is 2.12. The number of carbonyl (C=O) groups is 3. The standard InChI is InChI=1S/C55H88O6/c1-4-7-10-13-16-19-22-24-26-28-30-31-33-36-39-42-45-48-54(57)60-51-52(50-59-53(56)47-44-41-38-35-21-18-15-12-9-6-3)61-55(58)49-46-43-40-37-34-32-29-27-25-23-20-17-14-11-8-5-2/h8,11,16-17,19-20,24-27,30-32,34,36,39-40,43,52H,4-7,9-10,12-15,18,21-23,28-29,33,35,37-38,41-42,44-51H2,1-3H3/b11-8-,19-16-,20-17-,26-24-,27-25-,31-30-,34-32-,39-36-,43-40-. The van der Waals surface area contributed by atoms with Crippen LogP contribution in [0.15, 0.2) is 109 Å². The first kappa shape index (κ1) is 57.1. The fraction of sp³-hybridized carbons (Fsp3) is 0.618. The molecule has 1 unspecified atom stereocenters. The zero-order valence-electron chi connectivity index (χ0n) is 39.1. The molecule has 0 N–H and O–H groups in total. The van der Waals surface area contributed by atoms with E-state index in [4.69, 9.17) is 14.2 Å². The molecule has 0 aromatic heterocycles. The van der Waals surface area contributed by atoms with Gasteiger partial charge in [0, 0.05) is 19.3 Å². The van der Waals surface area contributed by atoms with Crippen LogP contribution in [0.1, 0.15) is 201 Å². The van der Waals surface area contributed by atoms with Crippen LogP contribution < -0.4 is 0 Å². The third-order valence-electron chi connectivity index (χ3n) is 9.78. The van der Waals surface area contributed by atoms with Crippen molar-refractivity contribution in [1.82, 2.24) is 0 Å². The molecule has 0 saturated heterocycles. The number of hydrogen-bond acceptors (Lipinski definition) is 6. The van der Waals surface area contributed by atoms with Crippen LogP contribution in [0.2, 0.25) is 0 Å². The van der Waals surface area contributed by atoms with E-state index in [1.165, 1.54) is 70.6 Å². The fourth-order valence-electron chi connectivity index (χ4n) is 6.13. The smallest absolute Gasteiger partial charge is 0.306 e. The molecule has 0 spiro atoms. The van der Waals surface area contributed by atoms with Crippen LogP contribution in [0, 0.1) is 0 Å². The number of esters is 3. The lowest BCUT2D eigenvalue weighted by Gasteiger charge is -2.18. The molecule has 0 bridgehead atoms. The molecule has 6 nitrogen and oxygen atoms in total. The van der Waals surface area contributed by atoms with Gasteiger partial charge in [-0.2, -0.15) is 0 Å². The molecule has 0 saturated carbocycles. The Labute approximate surface area is 374 Å². The average Bonchev–Trinajstić information content (AvgIpc) is 3.26. The summed E-state index contributed by atoms with van der Waals surface area (Å²) in [6.45, 7) is 6.35. The minimum atomic E-state index is -0.838. The van der Waals surface area contributed by atoms with E-state index >= 15 is 0 Å². The van der Waals surface area contributed by atoms with Crippen LogP contribution in [0.25, 0.3) is 0 Å². The first-order valence-corrected chi connectivity index (χ1v) is 24.4. The molecule has 0 heterocycles. The van der Waals surface area contributed by atoms with Gasteiger partial charge in [0.05, 0.1) is 0 Å². The van der Waals surface area contributed by atoms with E-state index in [1.54, 1.807) is 0 Å². The second kappa shape index (κ2) is 48.7. The highest BCUT2D eigenvalue weighted by Gasteiger charge is 2.19. The van der Waals surface area contributed by atoms with Crippen molar-refractivity contribution >= 4 is 17.9 Å². The topological polar surface area (TPSA) is 78.9 Å². The molecule has 0 aromatic rings. The highest BCUT2D eigenvalue weighted by atomic mass is 16.6. The van der Waals surface area contributed by atoms with Crippen LogP contribution in [-0.4, -0.2) is 37.2 Å². The summed E-state index contributed by atoms with van der Waals surface area (Å²) >= 11 is 0. The van der Waals surface area contributed by atoms with Gasteiger partial charge in [-0.05, 0) is 89.9 Å². The van der Waals surface area contributed by atoms with E-state index in [1.807, 2.05) is 12.2 Å². The number of rotatable bonds is 42. The van der Waals surface area contributed by atoms with Gasteiger partial charge in [-0.25, -0.2) is 0 Å². The van der Waals surface area contributed by atoms with Crippen molar-refractivity contribution < 1.29 is 28.6 Å². The molecule has 0 fully saturated rings. The van der Waals surface area contributed by atoms with Crippen LogP contribution in [0.3, 0.4) is 0 Å². The first-order valence-electron chi connectivity index (χ1n) is 24.4. The lowest BCUT2D eigenvalue weighted by atomic mass is 10.1. The zero-order valence-corrected chi connectivity index (χ0v) is 39.1. The summed E-state index contributed by atoms with van der Waals surface area (Å²) in [7, 11) is 0. The Kier molecular flexibility index (Phi) is 45.6. The van der Waals surface area contributed by atoms with Crippen LogP contribution in [0.4, 0.5) is 0 Å². The Morgan fingerprint density at radius 2 is 0.689 bits per heavy atom. The van der Waals surface area contributed by atoms with Gasteiger partial charge in [-0.3, -0.25) is 14.4 Å². The van der Waals surface area contributed by atoms with Gasteiger partial charge < -0.3 is 14.2 Å². The lowest BCUT2D eigenvalue weighted by Crippen LogP contribution is -2.30. The van der Waals surface area contributed by atoms with E-state index in [2.05, 4.69) is 118 Å². The van der Waals surface area contributed by atoms with Gasteiger partial charge in [0.1, 0.15) is 13.2 Å². The molecule has 0 aromatic carbocycles. The summed E-state index contributed by atoms with van der Waals surface area (Å²) in [5, 5.41) is 0. The zero-order chi connectivity index (χ0) is 44.4. The number of unbranched alkanes of at least 4 members (excludes halogenated alkanes) is 13. The second-order valence-corrected chi connectivity index (χ2v) is 15.6. The molecule has 0 aliphatic carbocycles. The molecular formula is C55H88O6. The molecule has 0 rings (SSSR count). The van der Waals surface area contributed by atoms with Crippen LogP contribution in [0.5, 0.6) is 0 Å². The third kappa shape index (κ3) is 47.0. The van der Waals surface area contributed by atoms with Gasteiger partial charge in [0.25, 0.3) is 0 Å². The summed E-state index contributed by atoms with van der Waals surface area (Å²) in [6.07, 6.45) is 65.2. The van der Waals surface area contributed by atoms with Crippen molar-refractivity contribution in [3.63, 3.8) is 0 Å². The SMILES string of the molecule is CC/C=C\C/C=C\C/C=C\C/C=C\C/C=C\CCC(=O)OC(COC(=O)CCC/C=C\C/C=C\C/C=C\C/C=C\CCCCC)COC(=O)CCCCCCCCCCCC.